The SMILES string of the molecule is Cc1cccc(C)c1Nc1c(-c2cccs2)nc2c(C(=O)NCc3cccc(CN)c3)cccn12. The van der Waals surface area contributed by atoms with E-state index in [1.54, 1.807) is 11.3 Å². The summed E-state index contributed by atoms with van der Waals surface area (Å²) in [5, 5.41) is 8.69. The Morgan fingerprint density at radius 2 is 1.77 bits per heavy atom. The van der Waals surface area contributed by atoms with Gasteiger partial charge in [-0.05, 0) is 59.7 Å². The largest absolute Gasteiger partial charge is 0.348 e. The third-order valence-electron chi connectivity index (χ3n) is 6.05. The maximum absolute atomic E-state index is 13.3. The standard InChI is InChI=1S/C28H27N5OS/c1-18-7-3-8-19(2)24(18)31-27-25(23-12-6-14-35-23)32-26-22(11-5-13-33(26)27)28(34)30-17-21-10-4-9-20(15-21)16-29/h3-15,31H,16-17,29H2,1-2H3,(H,30,34). The van der Waals surface area contributed by atoms with Crippen molar-refractivity contribution in [3.63, 3.8) is 0 Å². The molecule has 0 radical (unpaired) electrons. The molecule has 0 saturated carbocycles. The number of anilines is 2. The first-order chi connectivity index (χ1) is 17.0. The van der Waals surface area contributed by atoms with E-state index in [2.05, 4.69) is 42.7 Å². The molecule has 0 bridgehead atoms. The fourth-order valence-corrected chi connectivity index (χ4v) is 4.94. The molecule has 0 spiro atoms. The number of pyridine rings is 1. The van der Waals surface area contributed by atoms with Gasteiger partial charge in [-0.2, -0.15) is 0 Å². The zero-order valence-corrected chi connectivity index (χ0v) is 20.5. The molecule has 3 aromatic heterocycles. The Kier molecular flexibility index (Phi) is 6.35. The van der Waals surface area contributed by atoms with E-state index in [0.29, 0.717) is 24.3 Å². The van der Waals surface area contributed by atoms with Crippen molar-refractivity contribution in [3.8, 4) is 10.6 Å². The summed E-state index contributed by atoms with van der Waals surface area (Å²) in [4.78, 5) is 19.2. The molecule has 4 N–H and O–H groups in total. The number of fused-ring (bicyclic) bond motifs is 1. The molecule has 0 fully saturated rings. The van der Waals surface area contributed by atoms with E-state index in [1.807, 2.05) is 64.5 Å². The lowest BCUT2D eigenvalue weighted by molar-refractivity contribution is 0.0952. The van der Waals surface area contributed by atoms with Crippen molar-refractivity contribution in [1.82, 2.24) is 14.7 Å². The lowest BCUT2D eigenvalue weighted by atomic mass is 10.1. The van der Waals surface area contributed by atoms with Crippen LogP contribution in [-0.2, 0) is 13.1 Å². The third-order valence-corrected chi connectivity index (χ3v) is 6.93. The Balaban J connectivity index is 1.54. The molecule has 176 valence electrons. The number of carbonyl (C=O) groups is 1. The fourth-order valence-electron chi connectivity index (χ4n) is 4.22. The molecule has 1 amide bonds. The first-order valence-electron chi connectivity index (χ1n) is 11.5. The normalized spacial score (nSPS) is 11.1. The zero-order chi connectivity index (χ0) is 24.4. The number of nitrogens with zero attached hydrogens (tertiary/aromatic N) is 2. The molecule has 5 aromatic rings. The third kappa shape index (κ3) is 4.56. The van der Waals surface area contributed by atoms with Gasteiger partial charge in [0.15, 0.2) is 5.65 Å². The van der Waals surface area contributed by atoms with Gasteiger partial charge in [-0.25, -0.2) is 4.98 Å². The van der Waals surface area contributed by atoms with Crippen LogP contribution in [0.15, 0.2) is 78.3 Å². The number of hydrogen-bond acceptors (Lipinski definition) is 5. The van der Waals surface area contributed by atoms with Gasteiger partial charge in [0.2, 0.25) is 0 Å². The molecule has 0 aliphatic rings. The van der Waals surface area contributed by atoms with Gasteiger partial charge >= 0.3 is 0 Å². The van der Waals surface area contributed by atoms with E-state index in [4.69, 9.17) is 10.7 Å². The number of rotatable bonds is 7. The van der Waals surface area contributed by atoms with E-state index in [9.17, 15) is 4.79 Å². The number of hydrogen-bond donors (Lipinski definition) is 3. The minimum Gasteiger partial charge on any atom is -0.348 e. The fraction of sp³-hybridized carbons (Fsp3) is 0.143. The van der Waals surface area contributed by atoms with Gasteiger partial charge in [0.25, 0.3) is 5.91 Å². The summed E-state index contributed by atoms with van der Waals surface area (Å²) in [6.45, 7) is 5.06. The van der Waals surface area contributed by atoms with E-state index < -0.39 is 0 Å². The van der Waals surface area contributed by atoms with Crippen molar-refractivity contribution in [2.24, 2.45) is 5.73 Å². The smallest absolute Gasteiger partial charge is 0.255 e. The van der Waals surface area contributed by atoms with Gasteiger partial charge in [-0.15, -0.1) is 11.3 Å². The predicted octanol–water partition coefficient (Wildman–Crippen LogP) is 5.81. The van der Waals surface area contributed by atoms with Crippen LogP contribution in [0, 0.1) is 13.8 Å². The summed E-state index contributed by atoms with van der Waals surface area (Å²) in [6, 6.07) is 21.9. The molecule has 3 heterocycles. The van der Waals surface area contributed by atoms with E-state index in [0.717, 1.165) is 44.3 Å². The summed E-state index contributed by atoms with van der Waals surface area (Å²) in [6.07, 6.45) is 1.94. The monoisotopic (exact) mass is 481 g/mol. The first-order valence-corrected chi connectivity index (χ1v) is 12.4. The molecule has 5 rings (SSSR count). The number of amides is 1. The molecule has 0 aliphatic carbocycles. The number of benzene rings is 2. The molecule has 35 heavy (non-hydrogen) atoms. The summed E-state index contributed by atoms with van der Waals surface area (Å²) in [5.41, 5.74) is 13.1. The zero-order valence-electron chi connectivity index (χ0n) is 19.7. The van der Waals surface area contributed by atoms with Crippen LogP contribution in [0.4, 0.5) is 11.5 Å². The average Bonchev–Trinajstić information content (AvgIpc) is 3.53. The van der Waals surface area contributed by atoms with Gasteiger partial charge in [-0.3, -0.25) is 9.20 Å². The lowest BCUT2D eigenvalue weighted by Crippen LogP contribution is -2.23. The van der Waals surface area contributed by atoms with Crippen LogP contribution in [0.1, 0.15) is 32.6 Å². The van der Waals surface area contributed by atoms with Gasteiger partial charge in [0.1, 0.15) is 11.5 Å². The minimum absolute atomic E-state index is 0.171. The molecule has 7 heteroatoms. The Hall–Kier alpha value is -3.94. The Labute approximate surface area is 208 Å². The quantitative estimate of drug-likeness (QED) is 0.274. The highest BCUT2D eigenvalue weighted by molar-refractivity contribution is 7.13. The highest BCUT2D eigenvalue weighted by atomic mass is 32.1. The molecule has 2 aromatic carbocycles. The number of para-hydroxylation sites is 1. The van der Waals surface area contributed by atoms with Crippen LogP contribution in [0.5, 0.6) is 0 Å². The van der Waals surface area contributed by atoms with E-state index in [1.165, 1.54) is 0 Å². The minimum atomic E-state index is -0.171. The van der Waals surface area contributed by atoms with E-state index >= 15 is 0 Å². The van der Waals surface area contributed by atoms with Crippen molar-refractivity contribution >= 4 is 34.4 Å². The maximum Gasteiger partial charge on any atom is 0.255 e. The Morgan fingerprint density at radius 3 is 2.51 bits per heavy atom. The van der Waals surface area contributed by atoms with Crippen molar-refractivity contribution in [2.75, 3.05) is 5.32 Å². The number of aryl methyl sites for hydroxylation is 2. The summed E-state index contributed by atoms with van der Waals surface area (Å²) >= 11 is 1.62. The van der Waals surface area contributed by atoms with Crippen LogP contribution in [0.3, 0.4) is 0 Å². The van der Waals surface area contributed by atoms with Crippen LogP contribution in [0.25, 0.3) is 16.2 Å². The topological polar surface area (TPSA) is 84.5 Å². The molecule has 0 atom stereocenters. The molecular weight excluding hydrogens is 454 g/mol. The number of aromatic nitrogens is 2. The predicted molar refractivity (Wildman–Crippen MR) is 143 cm³/mol. The Bertz CT molecular complexity index is 1480. The van der Waals surface area contributed by atoms with Crippen molar-refractivity contribution in [2.45, 2.75) is 26.9 Å². The van der Waals surface area contributed by atoms with Crippen molar-refractivity contribution < 1.29 is 4.79 Å². The number of imidazole rings is 1. The van der Waals surface area contributed by atoms with Crippen LogP contribution < -0.4 is 16.4 Å². The molecule has 0 aliphatic heterocycles. The molecular formula is C28H27N5OS. The molecule has 0 unspecified atom stereocenters. The number of carbonyl (C=O) groups excluding carboxylic acids is 1. The van der Waals surface area contributed by atoms with E-state index in [-0.39, 0.29) is 5.91 Å². The Morgan fingerprint density at radius 1 is 1.00 bits per heavy atom. The average molecular weight is 482 g/mol. The molecule has 6 nitrogen and oxygen atoms in total. The first kappa shape index (κ1) is 22.8. The lowest BCUT2D eigenvalue weighted by Gasteiger charge is -2.14. The van der Waals surface area contributed by atoms with Gasteiger partial charge in [0, 0.05) is 25.0 Å². The van der Waals surface area contributed by atoms with Crippen LogP contribution in [0.2, 0.25) is 0 Å². The van der Waals surface area contributed by atoms with Crippen molar-refractivity contribution in [1.29, 1.82) is 0 Å². The van der Waals surface area contributed by atoms with Crippen LogP contribution in [-0.4, -0.2) is 15.3 Å². The second kappa shape index (κ2) is 9.74. The second-order valence-corrected chi connectivity index (χ2v) is 9.45. The summed E-state index contributed by atoms with van der Waals surface area (Å²) < 4.78 is 1.96. The number of thiophene rings is 1. The second-order valence-electron chi connectivity index (χ2n) is 8.50. The summed E-state index contributed by atoms with van der Waals surface area (Å²) in [5.74, 6) is 0.667. The van der Waals surface area contributed by atoms with Crippen molar-refractivity contribution in [3.05, 3.63) is 106 Å². The van der Waals surface area contributed by atoms with Gasteiger partial charge in [-0.1, -0.05) is 48.5 Å². The molecule has 0 saturated heterocycles. The van der Waals surface area contributed by atoms with Gasteiger partial charge < -0.3 is 16.4 Å². The maximum atomic E-state index is 13.3. The number of nitrogens with two attached hydrogens (primary N) is 1. The van der Waals surface area contributed by atoms with Crippen LogP contribution >= 0.6 is 11.3 Å². The highest BCUT2D eigenvalue weighted by Crippen LogP contribution is 2.36. The summed E-state index contributed by atoms with van der Waals surface area (Å²) in [7, 11) is 0. The number of nitrogens with one attached hydrogen (secondary N) is 2. The van der Waals surface area contributed by atoms with Gasteiger partial charge in [0.05, 0.1) is 10.4 Å². The highest BCUT2D eigenvalue weighted by Gasteiger charge is 2.21.